The zero-order valence-electron chi connectivity index (χ0n) is 12.2. The summed E-state index contributed by atoms with van der Waals surface area (Å²) in [6.45, 7) is 10.7. The van der Waals surface area contributed by atoms with Gasteiger partial charge in [0.05, 0.1) is 0 Å². The fraction of sp³-hybridized carbons (Fsp3) is 0.714. The van der Waals surface area contributed by atoms with Gasteiger partial charge in [-0.3, -0.25) is 0 Å². The van der Waals surface area contributed by atoms with E-state index in [1.807, 2.05) is 0 Å². The Morgan fingerprint density at radius 2 is 1.79 bits per heavy atom. The average Bonchev–Trinajstić information content (AvgIpc) is 2.77. The Kier molecular flexibility index (Phi) is 6.28. The minimum absolute atomic E-state index is 0.152. The normalized spacial score (nSPS) is 11.3. The monoisotopic (exact) mass is 284 g/mol. The highest BCUT2D eigenvalue weighted by Crippen LogP contribution is 2.22. The van der Waals surface area contributed by atoms with Gasteiger partial charge in [0.1, 0.15) is 0 Å². The third-order valence-corrected chi connectivity index (χ3v) is 3.84. The highest BCUT2D eigenvalue weighted by molar-refractivity contribution is 7.13. The van der Waals surface area contributed by atoms with Gasteiger partial charge in [-0.15, -0.1) is 11.3 Å². The quantitative estimate of drug-likeness (QED) is 0.790. The number of aromatic nitrogens is 1. The van der Waals surface area contributed by atoms with Gasteiger partial charge in [0.2, 0.25) is 0 Å². The zero-order valence-corrected chi connectivity index (χ0v) is 13.0. The Bertz CT molecular complexity index is 390. The summed E-state index contributed by atoms with van der Waals surface area (Å²) in [5, 5.41) is 11.4. The van der Waals surface area contributed by atoms with Gasteiger partial charge in [0.25, 0.3) is 0 Å². The smallest absolute Gasteiger partial charge is 0.355 e. The van der Waals surface area contributed by atoms with Crippen molar-refractivity contribution >= 4 is 22.4 Å². The van der Waals surface area contributed by atoms with E-state index in [1.54, 1.807) is 5.38 Å². The predicted molar refractivity (Wildman–Crippen MR) is 80.2 cm³/mol. The summed E-state index contributed by atoms with van der Waals surface area (Å²) in [6.07, 6.45) is 2.19. The van der Waals surface area contributed by atoms with Crippen LogP contribution >= 0.6 is 11.3 Å². The summed E-state index contributed by atoms with van der Waals surface area (Å²) >= 11 is 1.42. The Morgan fingerprint density at radius 3 is 2.16 bits per heavy atom. The number of carboxylic acid groups (broad SMARTS) is 1. The molecule has 5 heteroatoms. The van der Waals surface area contributed by atoms with Crippen LogP contribution in [0.4, 0.5) is 5.13 Å². The van der Waals surface area contributed by atoms with E-state index >= 15 is 0 Å². The topological polar surface area (TPSA) is 53.4 Å². The van der Waals surface area contributed by atoms with Crippen LogP contribution in [0.2, 0.25) is 0 Å². The van der Waals surface area contributed by atoms with Crippen molar-refractivity contribution in [3.8, 4) is 0 Å². The van der Waals surface area contributed by atoms with Crippen LogP contribution in [0.3, 0.4) is 0 Å². The van der Waals surface area contributed by atoms with Crippen LogP contribution in [0.5, 0.6) is 0 Å². The van der Waals surface area contributed by atoms with Gasteiger partial charge in [0, 0.05) is 18.5 Å². The van der Waals surface area contributed by atoms with Gasteiger partial charge in [-0.1, -0.05) is 27.7 Å². The highest BCUT2D eigenvalue weighted by atomic mass is 32.1. The van der Waals surface area contributed by atoms with Crippen LogP contribution in [0.1, 0.15) is 51.0 Å². The largest absolute Gasteiger partial charge is 0.476 e. The van der Waals surface area contributed by atoms with E-state index < -0.39 is 5.97 Å². The first-order chi connectivity index (χ1) is 8.90. The molecule has 0 spiro atoms. The second-order valence-corrected chi connectivity index (χ2v) is 6.51. The van der Waals surface area contributed by atoms with Crippen LogP contribution in [-0.4, -0.2) is 29.1 Å². The molecule has 0 radical (unpaired) electrons. The Balaban J connectivity index is 2.72. The van der Waals surface area contributed by atoms with Crippen molar-refractivity contribution in [2.75, 3.05) is 18.0 Å². The third kappa shape index (κ3) is 5.59. The number of anilines is 1. The van der Waals surface area contributed by atoms with Gasteiger partial charge >= 0.3 is 5.97 Å². The lowest BCUT2D eigenvalue weighted by Gasteiger charge is -2.23. The molecule has 0 aromatic carbocycles. The lowest BCUT2D eigenvalue weighted by molar-refractivity contribution is 0.0691. The molecule has 108 valence electrons. The predicted octanol–water partition coefficient (Wildman–Crippen LogP) is 3.74. The molecule has 0 atom stereocenters. The molecule has 4 nitrogen and oxygen atoms in total. The maximum Gasteiger partial charge on any atom is 0.355 e. The number of rotatable bonds is 8. The molecule has 1 N–H and O–H groups in total. The van der Waals surface area contributed by atoms with Crippen LogP contribution in [0, 0.1) is 11.8 Å². The van der Waals surface area contributed by atoms with Crippen LogP contribution in [0.15, 0.2) is 5.38 Å². The SMILES string of the molecule is CC(C)CCN(CCC(C)C)c1nc(C(=O)O)cs1. The van der Waals surface area contributed by atoms with Crippen molar-refractivity contribution in [3.63, 3.8) is 0 Å². The van der Waals surface area contributed by atoms with Gasteiger partial charge in [-0.25, -0.2) is 9.78 Å². The number of hydrogen-bond acceptors (Lipinski definition) is 4. The van der Waals surface area contributed by atoms with Crippen molar-refractivity contribution in [3.05, 3.63) is 11.1 Å². The van der Waals surface area contributed by atoms with Gasteiger partial charge < -0.3 is 10.0 Å². The molecule has 1 aromatic heterocycles. The molecule has 0 saturated heterocycles. The minimum atomic E-state index is -0.949. The number of thiazole rings is 1. The van der Waals surface area contributed by atoms with Crippen molar-refractivity contribution in [1.29, 1.82) is 0 Å². The molecule has 0 amide bonds. The zero-order chi connectivity index (χ0) is 14.4. The molecular weight excluding hydrogens is 260 g/mol. The Labute approximate surface area is 119 Å². The summed E-state index contributed by atoms with van der Waals surface area (Å²) in [5.41, 5.74) is 0.152. The standard InChI is InChI=1S/C14H24N2O2S/c1-10(2)5-7-16(8-6-11(3)4)14-15-12(9-19-14)13(17)18/h9-11H,5-8H2,1-4H3,(H,17,18). The van der Waals surface area contributed by atoms with E-state index in [-0.39, 0.29) is 5.69 Å². The van der Waals surface area contributed by atoms with Gasteiger partial charge in [-0.05, 0) is 24.7 Å². The number of aromatic carboxylic acids is 1. The van der Waals surface area contributed by atoms with E-state index in [0.717, 1.165) is 31.1 Å². The summed E-state index contributed by atoms with van der Waals surface area (Å²) < 4.78 is 0. The summed E-state index contributed by atoms with van der Waals surface area (Å²) in [7, 11) is 0. The van der Waals surface area contributed by atoms with Gasteiger partial charge in [-0.2, -0.15) is 0 Å². The molecule has 0 aliphatic carbocycles. The molecule has 1 rings (SSSR count). The molecule has 0 aliphatic heterocycles. The molecule has 0 aliphatic rings. The van der Waals surface area contributed by atoms with Gasteiger partial charge in [0.15, 0.2) is 10.8 Å². The van der Waals surface area contributed by atoms with E-state index in [9.17, 15) is 4.79 Å². The molecular formula is C14H24N2O2S. The van der Waals surface area contributed by atoms with Crippen molar-refractivity contribution in [2.24, 2.45) is 11.8 Å². The summed E-state index contributed by atoms with van der Waals surface area (Å²) in [4.78, 5) is 17.3. The maximum absolute atomic E-state index is 10.9. The van der Waals surface area contributed by atoms with E-state index in [4.69, 9.17) is 5.11 Å². The summed E-state index contributed by atoms with van der Waals surface area (Å²) in [5.74, 6) is 0.330. The number of carboxylic acids is 1. The van der Waals surface area contributed by atoms with Crippen LogP contribution in [-0.2, 0) is 0 Å². The fourth-order valence-electron chi connectivity index (χ4n) is 1.64. The first-order valence-electron chi connectivity index (χ1n) is 6.84. The van der Waals surface area contributed by atoms with Crippen molar-refractivity contribution in [1.82, 2.24) is 4.98 Å². The van der Waals surface area contributed by atoms with E-state index in [1.165, 1.54) is 11.3 Å². The second kappa shape index (κ2) is 7.48. The molecule has 0 unspecified atom stereocenters. The first kappa shape index (κ1) is 16.0. The van der Waals surface area contributed by atoms with E-state index in [0.29, 0.717) is 11.8 Å². The second-order valence-electron chi connectivity index (χ2n) is 5.67. The molecule has 19 heavy (non-hydrogen) atoms. The van der Waals surface area contributed by atoms with Crippen LogP contribution < -0.4 is 4.90 Å². The van der Waals surface area contributed by atoms with Crippen molar-refractivity contribution < 1.29 is 9.90 Å². The molecule has 0 saturated carbocycles. The number of nitrogens with zero attached hydrogens (tertiary/aromatic N) is 2. The van der Waals surface area contributed by atoms with Crippen molar-refractivity contribution in [2.45, 2.75) is 40.5 Å². The molecule has 1 aromatic rings. The fourth-order valence-corrected chi connectivity index (χ4v) is 2.49. The summed E-state index contributed by atoms with van der Waals surface area (Å²) in [6, 6.07) is 0. The Morgan fingerprint density at radius 1 is 1.26 bits per heavy atom. The molecule has 0 fully saturated rings. The minimum Gasteiger partial charge on any atom is -0.476 e. The lowest BCUT2D eigenvalue weighted by atomic mass is 10.1. The number of carbonyl (C=O) groups is 1. The van der Waals surface area contributed by atoms with E-state index in [2.05, 4.69) is 37.6 Å². The third-order valence-electron chi connectivity index (χ3n) is 2.93. The highest BCUT2D eigenvalue weighted by Gasteiger charge is 2.15. The average molecular weight is 284 g/mol. The maximum atomic E-state index is 10.9. The van der Waals surface area contributed by atoms with Crippen LogP contribution in [0.25, 0.3) is 0 Å². The molecule has 1 heterocycles. The number of hydrogen-bond donors (Lipinski definition) is 1. The lowest BCUT2D eigenvalue weighted by Crippen LogP contribution is -2.27. The first-order valence-corrected chi connectivity index (χ1v) is 7.72. The molecule has 0 bridgehead atoms. The Hall–Kier alpha value is -1.10.